The van der Waals surface area contributed by atoms with Gasteiger partial charge in [0.15, 0.2) is 9.84 Å². The van der Waals surface area contributed by atoms with Crippen molar-refractivity contribution >= 4 is 15.9 Å². The number of carbonyl (C=O) groups is 1. The van der Waals surface area contributed by atoms with Crippen molar-refractivity contribution < 1.29 is 13.2 Å². The highest BCUT2D eigenvalue weighted by Gasteiger charge is 2.17. The Morgan fingerprint density at radius 3 is 2.15 bits per heavy atom. The van der Waals surface area contributed by atoms with E-state index in [1.165, 1.54) is 6.26 Å². The molecule has 1 atom stereocenters. The highest BCUT2D eigenvalue weighted by molar-refractivity contribution is 7.90. The first-order valence-electron chi connectivity index (χ1n) is 9.05. The summed E-state index contributed by atoms with van der Waals surface area (Å²) in [4.78, 5) is 16.5. The molecule has 2 amide bonds. The Balaban J connectivity index is 2.47. The molecule has 1 aromatic carbocycles. The van der Waals surface area contributed by atoms with Crippen molar-refractivity contribution in [2.24, 2.45) is 0 Å². The first-order valence-corrected chi connectivity index (χ1v) is 10.9. The van der Waals surface area contributed by atoms with E-state index in [0.29, 0.717) is 12.6 Å². The summed E-state index contributed by atoms with van der Waals surface area (Å²) in [6, 6.07) is 6.94. The van der Waals surface area contributed by atoms with Gasteiger partial charge in [0, 0.05) is 25.9 Å². The van der Waals surface area contributed by atoms with E-state index in [-0.39, 0.29) is 17.0 Å². The molecule has 6 nitrogen and oxygen atoms in total. The van der Waals surface area contributed by atoms with Gasteiger partial charge in [0.25, 0.3) is 0 Å². The fourth-order valence-electron chi connectivity index (χ4n) is 2.46. The number of hydrogen-bond donors (Lipinski definition) is 1. The van der Waals surface area contributed by atoms with Crippen LogP contribution in [0, 0.1) is 0 Å². The summed E-state index contributed by atoms with van der Waals surface area (Å²) in [5.41, 5.74) is 0.897. The number of nitrogens with one attached hydrogen (secondary N) is 1. The fourth-order valence-corrected chi connectivity index (χ4v) is 3.09. The summed E-state index contributed by atoms with van der Waals surface area (Å²) >= 11 is 0. The van der Waals surface area contributed by atoms with Crippen LogP contribution in [-0.4, -0.2) is 63.7 Å². The molecule has 0 aliphatic carbocycles. The Labute approximate surface area is 158 Å². The van der Waals surface area contributed by atoms with Gasteiger partial charge in [0.05, 0.1) is 10.9 Å². The molecular formula is C19H33N3O3S. The molecule has 1 unspecified atom stereocenters. The average molecular weight is 384 g/mol. The Hall–Kier alpha value is -1.60. The van der Waals surface area contributed by atoms with Gasteiger partial charge in [0.2, 0.25) is 0 Å². The number of carbonyl (C=O) groups excluding carboxylic acids is 1. The van der Waals surface area contributed by atoms with Crippen LogP contribution in [0.4, 0.5) is 4.79 Å². The van der Waals surface area contributed by atoms with Crippen LogP contribution in [0.1, 0.15) is 45.2 Å². The maximum Gasteiger partial charge on any atom is 0.317 e. The van der Waals surface area contributed by atoms with E-state index in [1.54, 1.807) is 36.2 Å². The van der Waals surface area contributed by atoms with Crippen molar-refractivity contribution in [1.82, 2.24) is 15.1 Å². The predicted octanol–water partition coefficient (Wildman–Crippen LogP) is 2.91. The van der Waals surface area contributed by atoms with Crippen LogP contribution in [0.3, 0.4) is 0 Å². The lowest BCUT2D eigenvalue weighted by atomic mass is 10.1. The number of nitrogens with zero attached hydrogens (tertiary/aromatic N) is 2. The summed E-state index contributed by atoms with van der Waals surface area (Å²) in [5, 5.41) is 2.94. The standard InChI is InChI=1S/C19H33N3O3S/c1-15(2)21(4)14-8-7-13-20-19(23)22(5)16(3)17-9-11-18(12-10-17)26(6,24)25/h9-12,15-16H,7-8,13-14H2,1-6H3,(H,20,23). The lowest BCUT2D eigenvalue weighted by Gasteiger charge is -2.26. The van der Waals surface area contributed by atoms with Gasteiger partial charge in [-0.2, -0.15) is 0 Å². The smallest absolute Gasteiger partial charge is 0.317 e. The van der Waals surface area contributed by atoms with Gasteiger partial charge in [-0.25, -0.2) is 13.2 Å². The van der Waals surface area contributed by atoms with E-state index in [2.05, 4.69) is 31.1 Å². The minimum atomic E-state index is -3.21. The van der Waals surface area contributed by atoms with E-state index < -0.39 is 9.84 Å². The molecule has 0 aliphatic heterocycles. The normalized spacial score (nSPS) is 13.1. The maximum absolute atomic E-state index is 12.3. The number of urea groups is 1. The molecule has 1 N–H and O–H groups in total. The topological polar surface area (TPSA) is 69.7 Å². The molecule has 0 radical (unpaired) electrons. The van der Waals surface area contributed by atoms with Gasteiger partial charge in [0.1, 0.15) is 0 Å². The minimum Gasteiger partial charge on any atom is -0.338 e. The molecule has 0 spiro atoms. The van der Waals surface area contributed by atoms with Gasteiger partial charge in [-0.05, 0) is 64.9 Å². The van der Waals surface area contributed by atoms with Gasteiger partial charge in [-0.15, -0.1) is 0 Å². The minimum absolute atomic E-state index is 0.123. The Bertz CT molecular complexity index is 672. The van der Waals surface area contributed by atoms with E-state index in [0.717, 1.165) is 24.9 Å². The van der Waals surface area contributed by atoms with Crippen molar-refractivity contribution in [2.45, 2.75) is 50.6 Å². The molecule has 0 aromatic heterocycles. The third-order valence-corrected chi connectivity index (χ3v) is 5.92. The quantitative estimate of drug-likeness (QED) is 0.666. The zero-order valence-corrected chi connectivity index (χ0v) is 17.6. The first-order chi connectivity index (χ1) is 12.0. The second kappa shape index (κ2) is 9.92. The van der Waals surface area contributed by atoms with Gasteiger partial charge in [-0.3, -0.25) is 0 Å². The van der Waals surface area contributed by atoms with Crippen molar-refractivity contribution in [1.29, 1.82) is 0 Å². The SMILES string of the molecule is CC(C)N(C)CCCCNC(=O)N(C)C(C)c1ccc(S(C)(=O)=O)cc1. The number of amides is 2. The van der Waals surface area contributed by atoms with Crippen LogP contribution >= 0.6 is 0 Å². The van der Waals surface area contributed by atoms with Gasteiger partial charge >= 0.3 is 6.03 Å². The van der Waals surface area contributed by atoms with Crippen molar-refractivity contribution in [3.8, 4) is 0 Å². The van der Waals surface area contributed by atoms with E-state index in [4.69, 9.17) is 0 Å². The van der Waals surface area contributed by atoms with Crippen LogP contribution in [0.5, 0.6) is 0 Å². The summed E-state index contributed by atoms with van der Waals surface area (Å²) in [5.74, 6) is 0. The lowest BCUT2D eigenvalue weighted by Crippen LogP contribution is -2.39. The average Bonchev–Trinajstić information content (AvgIpc) is 2.58. The highest BCUT2D eigenvalue weighted by Crippen LogP contribution is 2.20. The van der Waals surface area contributed by atoms with Crippen LogP contribution in [0.25, 0.3) is 0 Å². The maximum atomic E-state index is 12.3. The zero-order chi connectivity index (χ0) is 19.9. The lowest BCUT2D eigenvalue weighted by molar-refractivity contribution is 0.194. The molecule has 1 rings (SSSR count). The van der Waals surface area contributed by atoms with Crippen molar-refractivity contribution in [3.05, 3.63) is 29.8 Å². The molecular weight excluding hydrogens is 350 g/mol. The molecule has 0 saturated carbocycles. The second-order valence-electron chi connectivity index (χ2n) is 7.14. The second-order valence-corrected chi connectivity index (χ2v) is 9.16. The third-order valence-electron chi connectivity index (χ3n) is 4.79. The zero-order valence-electron chi connectivity index (χ0n) is 16.8. The largest absolute Gasteiger partial charge is 0.338 e. The van der Waals surface area contributed by atoms with Crippen LogP contribution in [0.2, 0.25) is 0 Å². The van der Waals surface area contributed by atoms with Gasteiger partial charge in [-0.1, -0.05) is 12.1 Å². The summed E-state index contributed by atoms with van der Waals surface area (Å²) in [7, 11) is 0.645. The summed E-state index contributed by atoms with van der Waals surface area (Å²) in [6.45, 7) is 7.93. The molecule has 0 fully saturated rings. The Morgan fingerprint density at radius 2 is 1.65 bits per heavy atom. The van der Waals surface area contributed by atoms with E-state index in [1.807, 2.05) is 6.92 Å². The molecule has 7 heteroatoms. The number of sulfone groups is 1. The third kappa shape index (κ3) is 6.96. The van der Waals surface area contributed by atoms with Crippen LogP contribution in [0.15, 0.2) is 29.2 Å². The molecule has 26 heavy (non-hydrogen) atoms. The molecule has 1 aromatic rings. The van der Waals surface area contributed by atoms with E-state index >= 15 is 0 Å². The summed E-state index contributed by atoms with van der Waals surface area (Å²) < 4.78 is 23.1. The molecule has 0 heterocycles. The molecule has 0 aliphatic rings. The summed E-state index contributed by atoms with van der Waals surface area (Å²) in [6.07, 6.45) is 3.17. The Morgan fingerprint density at radius 1 is 1.08 bits per heavy atom. The highest BCUT2D eigenvalue weighted by atomic mass is 32.2. The predicted molar refractivity (Wildman–Crippen MR) is 106 cm³/mol. The number of unbranched alkanes of at least 4 members (excludes halogenated alkanes) is 1. The van der Waals surface area contributed by atoms with Crippen LogP contribution in [-0.2, 0) is 9.84 Å². The Kier molecular flexibility index (Phi) is 8.56. The molecule has 0 bridgehead atoms. The van der Waals surface area contributed by atoms with Gasteiger partial charge < -0.3 is 15.1 Å². The molecule has 148 valence electrons. The fraction of sp³-hybridized carbons (Fsp3) is 0.632. The van der Waals surface area contributed by atoms with Crippen molar-refractivity contribution in [3.63, 3.8) is 0 Å². The number of rotatable bonds is 9. The monoisotopic (exact) mass is 383 g/mol. The van der Waals surface area contributed by atoms with Crippen LogP contribution < -0.4 is 5.32 Å². The first kappa shape index (κ1) is 22.4. The number of hydrogen-bond acceptors (Lipinski definition) is 4. The molecule has 0 saturated heterocycles. The van der Waals surface area contributed by atoms with Crippen molar-refractivity contribution in [2.75, 3.05) is 33.4 Å². The number of benzene rings is 1. The van der Waals surface area contributed by atoms with E-state index in [9.17, 15) is 13.2 Å².